The van der Waals surface area contributed by atoms with Gasteiger partial charge in [-0.15, -0.1) is 0 Å². The minimum atomic E-state index is 0.226. The van der Waals surface area contributed by atoms with Crippen LogP contribution in [0.3, 0.4) is 0 Å². The average Bonchev–Trinajstić information content (AvgIpc) is 2.73. The van der Waals surface area contributed by atoms with Crippen LogP contribution in [0.1, 0.15) is 44.9 Å². The second kappa shape index (κ2) is 5.17. The van der Waals surface area contributed by atoms with Crippen molar-refractivity contribution in [3.05, 3.63) is 0 Å². The molecule has 1 amide bonds. The van der Waals surface area contributed by atoms with Crippen molar-refractivity contribution in [3.8, 4) is 0 Å². The van der Waals surface area contributed by atoms with Gasteiger partial charge in [0, 0.05) is 25.6 Å². The van der Waals surface area contributed by atoms with E-state index in [1.165, 1.54) is 32.1 Å². The predicted octanol–water partition coefficient (Wildman–Crippen LogP) is 1.76. The summed E-state index contributed by atoms with van der Waals surface area (Å²) >= 11 is 0. The van der Waals surface area contributed by atoms with Crippen LogP contribution < -0.4 is 5.73 Å². The first-order valence-corrected chi connectivity index (χ1v) is 6.67. The van der Waals surface area contributed by atoms with Crippen molar-refractivity contribution in [2.75, 3.05) is 13.6 Å². The van der Waals surface area contributed by atoms with Crippen LogP contribution in [0.2, 0.25) is 0 Å². The van der Waals surface area contributed by atoms with Crippen molar-refractivity contribution in [1.29, 1.82) is 0 Å². The van der Waals surface area contributed by atoms with Crippen molar-refractivity contribution in [1.82, 2.24) is 4.90 Å². The fourth-order valence-corrected chi connectivity index (χ4v) is 2.96. The Morgan fingerprint density at radius 1 is 1.31 bits per heavy atom. The molecule has 0 bridgehead atoms. The van der Waals surface area contributed by atoms with Gasteiger partial charge in [0.15, 0.2) is 0 Å². The molecule has 0 atom stereocenters. The van der Waals surface area contributed by atoms with Gasteiger partial charge in [0.2, 0.25) is 5.91 Å². The van der Waals surface area contributed by atoms with Crippen molar-refractivity contribution >= 4 is 5.91 Å². The van der Waals surface area contributed by atoms with Crippen molar-refractivity contribution in [3.63, 3.8) is 0 Å². The second-order valence-electron chi connectivity index (χ2n) is 5.63. The molecule has 0 aromatic rings. The first kappa shape index (κ1) is 11.9. The van der Waals surface area contributed by atoms with Gasteiger partial charge in [0.1, 0.15) is 0 Å². The number of carbonyl (C=O) groups excluding carboxylic acids is 1. The standard InChI is InChI=1S/C13H24N2O/c1-15(7-6-10-4-2-3-5-10)13(16)11-8-12(14)9-11/h10-12H,2-9,14H2,1H3. The minimum Gasteiger partial charge on any atom is -0.346 e. The molecule has 0 unspecified atom stereocenters. The lowest BCUT2D eigenvalue weighted by Crippen LogP contribution is -2.46. The molecule has 2 saturated carbocycles. The number of hydrogen-bond donors (Lipinski definition) is 1. The molecule has 0 saturated heterocycles. The van der Waals surface area contributed by atoms with Gasteiger partial charge in [-0.1, -0.05) is 25.7 Å². The van der Waals surface area contributed by atoms with Crippen LogP contribution in [0.25, 0.3) is 0 Å². The molecular weight excluding hydrogens is 200 g/mol. The molecule has 3 nitrogen and oxygen atoms in total. The maximum atomic E-state index is 11.9. The fourth-order valence-electron chi connectivity index (χ4n) is 2.96. The molecule has 2 aliphatic carbocycles. The van der Waals surface area contributed by atoms with Gasteiger partial charge in [0.05, 0.1) is 0 Å². The summed E-state index contributed by atoms with van der Waals surface area (Å²) in [7, 11) is 1.95. The van der Waals surface area contributed by atoms with E-state index in [1.54, 1.807) is 0 Å². The van der Waals surface area contributed by atoms with Crippen molar-refractivity contribution in [2.45, 2.75) is 51.0 Å². The molecular formula is C13H24N2O. The summed E-state index contributed by atoms with van der Waals surface area (Å²) in [5.41, 5.74) is 5.71. The smallest absolute Gasteiger partial charge is 0.225 e. The maximum Gasteiger partial charge on any atom is 0.225 e. The molecule has 16 heavy (non-hydrogen) atoms. The highest BCUT2D eigenvalue weighted by Gasteiger charge is 2.33. The number of rotatable bonds is 4. The zero-order chi connectivity index (χ0) is 11.5. The molecule has 0 aromatic carbocycles. The molecule has 0 radical (unpaired) electrons. The van der Waals surface area contributed by atoms with Crippen LogP contribution in [-0.4, -0.2) is 30.4 Å². The summed E-state index contributed by atoms with van der Waals surface area (Å²) in [6.45, 7) is 0.940. The molecule has 0 heterocycles. The number of nitrogens with zero attached hydrogens (tertiary/aromatic N) is 1. The van der Waals surface area contributed by atoms with E-state index >= 15 is 0 Å². The van der Waals surface area contributed by atoms with Gasteiger partial charge in [0.25, 0.3) is 0 Å². The first-order valence-electron chi connectivity index (χ1n) is 6.67. The van der Waals surface area contributed by atoms with Crippen LogP contribution in [0.5, 0.6) is 0 Å². The third kappa shape index (κ3) is 2.76. The highest BCUT2D eigenvalue weighted by molar-refractivity contribution is 5.79. The van der Waals surface area contributed by atoms with Gasteiger partial charge < -0.3 is 10.6 Å². The Kier molecular flexibility index (Phi) is 3.85. The molecule has 0 spiro atoms. The summed E-state index contributed by atoms with van der Waals surface area (Å²) in [4.78, 5) is 13.9. The third-order valence-corrected chi connectivity index (χ3v) is 4.25. The Balaban J connectivity index is 1.66. The highest BCUT2D eigenvalue weighted by Crippen LogP contribution is 2.29. The van der Waals surface area contributed by atoms with E-state index < -0.39 is 0 Å². The Bertz CT molecular complexity index is 242. The molecule has 0 aliphatic heterocycles. The molecule has 3 heteroatoms. The Labute approximate surface area is 98.4 Å². The Morgan fingerprint density at radius 3 is 2.50 bits per heavy atom. The van der Waals surface area contributed by atoms with E-state index in [9.17, 15) is 4.79 Å². The number of carbonyl (C=O) groups is 1. The molecule has 2 fully saturated rings. The fraction of sp³-hybridized carbons (Fsp3) is 0.923. The maximum absolute atomic E-state index is 11.9. The molecule has 0 aromatic heterocycles. The summed E-state index contributed by atoms with van der Waals surface area (Å²) in [5.74, 6) is 1.42. The normalized spacial score (nSPS) is 30.1. The van der Waals surface area contributed by atoms with Gasteiger partial charge in [-0.25, -0.2) is 0 Å². The zero-order valence-corrected chi connectivity index (χ0v) is 10.3. The van der Waals surface area contributed by atoms with E-state index in [0.29, 0.717) is 5.91 Å². The van der Waals surface area contributed by atoms with E-state index in [4.69, 9.17) is 5.73 Å². The highest BCUT2D eigenvalue weighted by atomic mass is 16.2. The molecule has 2 N–H and O–H groups in total. The number of nitrogens with two attached hydrogens (primary N) is 1. The van der Waals surface area contributed by atoms with E-state index in [-0.39, 0.29) is 12.0 Å². The first-order chi connectivity index (χ1) is 7.66. The lowest BCUT2D eigenvalue weighted by molar-refractivity contribution is -0.137. The predicted molar refractivity (Wildman–Crippen MR) is 64.9 cm³/mol. The molecule has 2 aliphatic rings. The lowest BCUT2D eigenvalue weighted by atomic mass is 9.80. The van der Waals surface area contributed by atoms with Crippen molar-refractivity contribution in [2.24, 2.45) is 17.6 Å². The summed E-state index contributed by atoms with van der Waals surface area (Å²) in [5, 5.41) is 0. The van der Waals surface area contributed by atoms with E-state index in [1.807, 2.05) is 11.9 Å². The van der Waals surface area contributed by atoms with Crippen molar-refractivity contribution < 1.29 is 4.79 Å². The van der Waals surface area contributed by atoms with Crippen LogP contribution in [0.15, 0.2) is 0 Å². The van der Waals surface area contributed by atoms with E-state index in [2.05, 4.69) is 0 Å². The van der Waals surface area contributed by atoms with Gasteiger partial charge >= 0.3 is 0 Å². The summed E-state index contributed by atoms with van der Waals surface area (Å²) in [6, 6.07) is 0.275. The van der Waals surface area contributed by atoms with Crippen LogP contribution in [0.4, 0.5) is 0 Å². The minimum absolute atomic E-state index is 0.226. The SMILES string of the molecule is CN(CCC1CCCC1)C(=O)C1CC(N)C1. The van der Waals surface area contributed by atoms with E-state index in [0.717, 1.165) is 25.3 Å². The molecule has 2 rings (SSSR count). The Morgan fingerprint density at radius 2 is 1.94 bits per heavy atom. The van der Waals surface area contributed by atoms with Crippen LogP contribution in [-0.2, 0) is 4.79 Å². The van der Waals surface area contributed by atoms with Gasteiger partial charge in [-0.3, -0.25) is 4.79 Å². The number of amides is 1. The topological polar surface area (TPSA) is 46.3 Å². The quantitative estimate of drug-likeness (QED) is 0.791. The molecule has 92 valence electrons. The summed E-state index contributed by atoms with van der Waals surface area (Å²) in [6.07, 6.45) is 8.51. The average molecular weight is 224 g/mol. The Hall–Kier alpha value is -0.570. The lowest BCUT2D eigenvalue weighted by Gasteiger charge is -2.34. The summed E-state index contributed by atoms with van der Waals surface area (Å²) < 4.78 is 0. The van der Waals surface area contributed by atoms with Crippen LogP contribution in [0, 0.1) is 11.8 Å². The third-order valence-electron chi connectivity index (χ3n) is 4.25. The monoisotopic (exact) mass is 224 g/mol. The second-order valence-corrected chi connectivity index (χ2v) is 5.63. The van der Waals surface area contributed by atoms with Crippen LogP contribution >= 0.6 is 0 Å². The zero-order valence-electron chi connectivity index (χ0n) is 10.3. The van der Waals surface area contributed by atoms with Gasteiger partial charge in [-0.2, -0.15) is 0 Å². The largest absolute Gasteiger partial charge is 0.346 e. The van der Waals surface area contributed by atoms with Gasteiger partial charge in [-0.05, 0) is 25.2 Å². The number of hydrogen-bond acceptors (Lipinski definition) is 2.